The van der Waals surface area contributed by atoms with Crippen molar-refractivity contribution in [2.24, 2.45) is 23.7 Å². The quantitative estimate of drug-likeness (QED) is 0.573. The van der Waals surface area contributed by atoms with Crippen molar-refractivity contribution in [2.75, 3.05) is 0 Å². The van der Waals surface area contributed by atoms with Crippen LogP contribution in [0, 0.1) is 23.7 Å². The molecule has 5 rings (SSSR count). The molecule has 1 heterocycles. The summed E-state index contributed by atoms with van der Waals surface area (Å²) in [6.45, 7) is 2.41. The molecule has 0 nitrogen and oxygen atoms in total. The molecule has 24 heavy (non-hydrogen) atoms. The molecular weight excluding hydrogens is 414 g/mol. The van der Waals surface area contributed by atoms with Crippen LogP contribution in [0.25, 0.3) is 0 Å². The molecular formula is C21H28Cl2Zr. The van der Waals surface area contributed by atoms with Gasteiger partial charge < -0.3 is 24.8 Å². The zero-order valence-electron chi connectivity index (χ0n) is 14.6. The van der Waals surface area contributed by atoms with Gasteiger partial charge in [-0.05, 0) is 0 Å². The Morgan fingerprint density at radius 1 is 0.917 bits per heavy atom. The maximum absolute atomic E-state index is 2.64. The van der Waals surface area contributed by atoms with Crippen LogP contribution in [0.1, 0.15) is 39.0 Å². The van der Waals surface area contributed by atoms with E-state index in [2.05, 4.69) is 43.4 Å². The Kier molecular flexibility index (Phi) is 5.76. The van der Waals surface area contributed by atoms with Crippen LogP contribution in [0.15, 0.2) is 45.3 Å². The Morgan fingerprint density at radius 2 is 1.58 bits per heavy atom. The van der Waals surface area contributed by atoms with E-state index < -0.39 is 20.3 Å². The van der Waals surface area contributed by atoms with Crippen LogP contribution < -0.4 is 24.8 Å². The summed E-state index contributed by atoms with van der Waals surface area (Å²) < 4.78 is 6.54. The summed E-state index contributed by atoms with van der Waals surface area (Å²) in [5, 5.41) is 0. The first-order valence-corrected chi connectivity index (χ1v) is 15.7. The van der Waals surface area contributed by atoms with Gasteiger partial charge in [-0.25, -0.2) is 0 Å². The number of fused-ring (bicyclic) bond motifs is 3. The van der Waals surface area contributed by atoms with Crippen molar-refractivity contribution in [3.8, 4) is 0 Å². The molecule has 3 heteroatoms. The van der Waals surface area contributed by atoms with Crippen LogP contribution in [0.4, 0.5) is 0 Å². The Morgan fingerprint density at radius 3 is 2.21 bits per heavy atom. The molecule has 2 saturated carbocycles. The molecule has 0 aromatic carbocycles. The first-order valence-electron chi connectivity index (χ1n) is 9.53. The van der Waals surface area contributed by atoms with Gasteiger partial charge in [0.2, 0.25) is 0 Å². The van der Waals surface area contributed by atoms with Crippen LogP contribution in [0.3, 0.4) is 0 Å². The van der Waals surface area contributed by atoms with Crippen molar-refractivity contribution >= 4 is 0 Å². The van der Waals surface area contributed by atoms with E-state index in [0.717, 1.165) is 27.3 Å². The zero-order valence-corrected chi connectivity index (χ0v) is 18.5. The standard InChI is InChI=1S/C13H17.C6H7.C2H4.2ClH.Zr/c1-3-7-12-10(5-1)9-11-6-2-4-8-13(11)12;1-6-4-2-3-5-6;1-2;;;/h1,3,5,7,9-13H,2,4,6,8H2;2,4H,3H2,1H3;1-2H2;2*1H;/q;;;;;+2/p-2. The molecule has 1 saturated heterocycles. The summed E-state index contributed by atoms with van der Waals surface area (Å²) in [5.74, 6) is 3.96. The molecule has 130 valence electrons. The minimum Gasteiger partial charge on any atom is -1.00 e. The van der Waals surface area contributed by atoms with Gasteiger partial charge in [0.1, 0.15) is 0 Å². The third kappa shape index (κ3) is 2.73. The van der Waals surface area contributed by atoms with E-state index in [1.54, 1.807) is 20.3 Å². The third-order valence-electron chi connectivity index (χ3n) is 7.66. The van der Waals surface area contributed by atoms with Gasteiger partial charge >= 0.3 is 140 Å². The second-order valence-corrected chi connectivity index (χ2v) is 19.8. The Balaban J connectivity index is 0.000000845. The summed E-state index contributed by atoms with van der Waals surface area (Å²) in [4.78, 5) is 0. The van der Waals surface area contributed by atoms with Crippen LogP contribution in [0.5, 0.6) is 0 Å². The third-order valence-corrected chi connectivity index (χ3v) is 21.1. The minimum atomic E-state index is -2.02. The molecule has 0 amide bonds. The van der Waals surface area contributed by atoms with E-state index in [4.69, 9.17) is 0 Å². The first-order chi connectivity index (χ1) is 10.8. The number of rotatable bonds is 2. The van der Waals surface area contributed by atoms with Crippen molar-refractivity contribution in [2.45, 2.75) is 50.9 Å². The molecule has 0 radical (unpaired) electrons. The molecule has 5 unspecified atom stereocenters. The molecule has 1 aliphatic heterocycles. The maximum atomic E-state index is 2.64. The molecule has 5 atom stereocenters. The van der Waals surface area contributed by atoms with Gasteiger partial charge in [0, 0.05) is 0 Å². The molecule has 0 aromatic heterocycles. The predicted molar refractivity (Wildman–Crippen MR) is 90.5 cm³/mol. The molecule has 3 fully saturated rings. The van der Waals surface area contributed by atoms with Crippen LogP contribution in [0.2, 0.25) is 11.9 Å². The first kappa shape index (κ1) is 19.2. The van der Waals surface area contributed by atoms with Gasteiger partial charge in [-0.15, -0.1) is 0 Å². The normalized spacial score (nSPS) is 39.3. The van der Waals surface area contributed by atoms with E-state index in [1.165, 1.54) is 25.7 Å². The van der Waals surface area contributed by atoms with Gasteiger partial charge in [-0.3, -0.25) is 0 Å². The van der Waals surface area contributed by atoms with Crippen molar-refractivity contribution in [3.05, 3.63) is 45.3 Å². The van der Waals surface area contributed by atoms with E-state index in [0.29, 0.717) is 0 Å². The maximum Gasteiger partial charge on any atom is -1.00 e. The summed E-state index contributed by atoms with van der Waals surface area (Å²) in [5.41, 5.74) is 1.69. The van der Waals surface area contributed by atoms with Gasteiger partial charge in [-0.2, -0.15) is 0 Å². The molecule has 0 bridgehead atoms. The number of allylic oxidation sites excluding steroid dienone is 8. The van der Waals surface area contributed by atoms with E-state index in [9.17, 15) is 0 Å². The van der Waals surface area contributed by atoms with E-state index in [-0.39, 0.29) is 24.8 Å². The molecule has 0 spiro atoms. The van der Waals surface area contributed by atoms with Crippen LogP contribution >= 0.6 is 0 Å². The monoisotopic (exact) mass is 440 g/mol. The Bertz CT molecular complexity index is 611. The largest absolute Gasteiger partial charge is 1.00 e. The molecule has 5 aliphatic rings. The fourth-order valence-corrected chi connectivity index (χ4v) is 24.6. The molecule has 0 N–H and O–H groups in total. The number of hydrogen-bond acceptors (Lipinski definition) is 0. The van der Waals surface area contributed by atoms with E-state index in [1.807, 2.05) is 3.28 Å². The topological polar surface area (TPSA) is 0 Å². The fraction of sp³-hybridized carbons (Fsp3) is 0.619. The number of halogens is 2. The second kappa shape index (κ2) is 7.21. The fourth-order valence-electron chi connectivity index (χ4n) is 6.79. The number of hydrogen-bond donors (Lipinski definition) is 0. The van der Waals surface area contributed by atoms with Crippen LogP contribution in [-0.4, -0.2) is 0 Å². The van der Waals surface area contributed by atoms with Crippen molar-refractivity contribution in [3.63, 3.8) is 0 Å². The van der Waals surface area contributed by atoms with Crippen molar-refractivity contribution in [1.29, 1.82) is 0 Å². The molecule has 0 aromatic rings. The van der Waals surface area contributed by atoms with Crippen LogP contribution in [-0.2, 0) is 20.3 Å². The van der Waals surface area contributed by atoms with Crippen molar-refractivity contribution < 1.29 is 45.1 Å². The van der Waals surface area contributed by atoms with Gasteiger partial charge in [0.15, 0.2) is 0 Å². The zero-order chi connectivity index (χ0) is 14.7. The van der Waals surface area contributed by atoms with Gasteiger partial charge in [0.25, 0.3) is 0 Å². The minimum absolute atomic E-state index is 0. The SMILES string of the molecule is CC1=[C]([Zr+2]2([CH]3C4C=CC=CC4C4CCCCC43)[CH2][CH2]2)CC=C1.[Cl-].[Cl-]. The summed E-state index contributed by atoms with van der Waals surface area (Å²) in [6, 6.07) is 0. The van der Waals surface area contributed by atoms with Gasteiger partial charge in [0.05, 0.1) is 0 Å². The predicted octanol–water partition coefficient (Wildman–Crippen LogP) is 0.199. The molecule has 4 aliphatic carbocycles. The van der Waals surface area contributed by atoms with E-state index >= 15 is 0 Å². The average molecular weight is 443 g/mol. The Hall–Kier alpha value is 0.423. The summed E-state index contributed by atoms with van der Waals surface area (Å²) in [7, 11) is 0. The van der Waals surface area contributed by atoms with Crippen molar-refractivity contribution in [1.82, 2.24) is 0 Å². The smallest absolute Gasteiger partial charge is 1.00 e. The van der Waals surface area contributed by atoms with Gasteiger partial charge in [-0.1, -0.05) is 0 Å². The average Bonchev–Trinajstić information content (AvgIpc) is 3.09. The second-order valence-electron chi connectivity index (χ2n) is 8.49. The summed E-state index contributed by atoms with van der Waals surface area (Å²) >= 11 is -2.02. The summed E-state index contributed by atoms with van der Waals surface area (Å²) in [6.07, 6.45) is 22.3. The Labute approximate surface area is 164 Å².